The second kappa shape index (κ2) is 7.38. The average Bonchev–Trinajstić information content (AvgIpc) is 3.11. The normalized spacial score (nSPS) is 21.1. The van der Waals surface area contributed by atoms with Gasteiger partial charge in [-0.15, -0.1) is 0 Å². The Kier molecular flexibility index (Phi) is 5.10. The molecule has 3 heterocycles. The van der Waals surface area contributed by atoms with E-state index < -0.39 is 5.60 Å². The molecule has 2 fully saturated rings. The summed E-state index contributed by atoms with van der Waals surface area (Å²) in [6, 6.07) is 5.71. The molecule has 0 radical (unpaired) electrons. The molecule has 0 unspecified atom stereocenters. The molecule has 5 heteroatoms. The van der Waals surface area contributed by atoms with Crippen LogP contribution in [0.25, 0.3) is 11.0 Å². The number of aryl methyl sites for hydroxylation is 2. The molecule has 2 aliphatic rings. The van der Waals surface area contributed by atoms with E-state index >= 15 is 0 Å². The van der Waals surface area contributed by atoms with E-state index in [0.717, 1.165) is 68.6 Å². The number of piperidine rings is 1. The molecule has 1 aromatic heterocycles. The van der Waals surface area contributed by atoms with E-state index in [1.165, 1.54) is 18.4 Å². The number of benzene rings is 1. The summed E-state index contributed by atoms with van der Waals surface area (Å²) in [5.41, 5.74) is 3.18. The van der Waals surface area contributed by atoms with Gasteiger partial charge in [0, 0.05) is 37.6 Å². The highest BCUT2D eigenvalue weighted by Gasteiger charge is 2.34. The van der Waals surface area contributed by atoms with Crippen LogP contribution in [0.15, 0.2) is 27.4 Å². The molecule has 0 spiro atoms. The minimum absolute atomic E-state index is 0.289. The van der Waals surface area contributed by atoms with Crippen LogP contribution in [0.4, 0.5) is 0 Å². The number of hydrogen-bond acceptors (Lipinski definition) is 5. The maximum atomic E-state index is 12.0. The molecule has 5 nitrogen and oxygen atoms in total. The Morgan fingerprint density at radius 3 is 2.37 bits per heavy atom. The average molecular weight is 370 g/mol. The van der Waals surface area contributed by atoms with Crippen molar-refractivity contribution >= 4 is 11.0 Å². The summed E-state index contributed by atoms with van der Waals surface area (Å²) in [5.74, 6) is 0. The zero-order valence-electron chi connectivity index (χ0n) is 16.5. The number of aliphatic hydroxyl groups is 1. The fraction of sp³-hybridized carbons (Fsp3) is 0.591. The van der Waals surface area contributed by atoms with Crippen LogP contribution >= 0.6 is 0 Å². The van der Waals surface area contributed by atoms with Gasteiger partial charge in [-0.25, -0.2) is 4.79 Å². The third-order valence-electron chi connectivity index (χ3n) is 6.34. The first-order valence-corrected chi connectivity index (χ1v) is 10.1. The highest BCUT2D eigenvalue weighted by molar-refractivity contribution is 5.81. The van der Waals surface area contributed by atoms with E-state index in [1.807, 2.05) is 13.0 Å². The number of hydrogen-bond donors (Lipinski definition) is 1. The van der Waals surface area contributed by atoms with Crippen molar-refractivity contribution in [2.24, 2.45) is 0 Å². The molecule has 0 saturated carbocycles. The maximum Gasteiger partial charge on any atom is 0.336 e. The predicted molar refractivity (Wildman–Crippen MR) is 107 cm³/mol. The van der Waals surface area contributed by atoms with Crippen molar-refractivity contribution in [1.82, 2.24) is 9.80 Å². The van der Waals surface area contributed by atoms with Crippen LogP contribution in [-0.4, -0.2) is 53.2 Å². The summed E-state index contributed by atoms with van der Waals surface area (Å²) >= 11 is 0. The Morgan fingerprint density at radius 1 is 1.00 bits per heavy atom. The van der Waals surface area contributed by atoms with Crippen molar-refractivity contribution in [3.8, 4) is 0 Å². The lowest BCUT2D eigenvalue weighted by molar-refractivity contribution is -0.0429. The van der Waals surface area contributed by atoms with Gasteiger partial charge >= 0.3 is 5.63 Å². The molecule has 2 aromatic rings. The number of β-amino-alcohol motifs (C(OH)–C–C–N with tert-alkyl or cyclic N) is 1. The van der Waals surface area contributed by atoms with Gasteiger partial charge in [0.15, 0.2) is 0 Å². The molecular weight excluding hydrogens is 340 g/mol. The monoisotopic (exact) mass is 370 g/mol. The zero-order chi connectivity index (χ0) is 19.0. The van der Waals surface area contributed by atoms with E-state index in [-0.39, 0.29) is 5.63 Å². The summed E-state index contributed by atoms with van der Waals surface area (Å²) in [6.07, 6.45) is 4.09. The van der Waals surface area contributed by atoms with E-state index in [0.29, 0.717) is 5.58 Å². The molecule has 2 saturated heterocycles. The van der Waals surface area contributed by atoms with Gasteiger partial charge in [0.1, 0.15) is 5.58 Å². The van der Waals surface area contributed by atoms with Gasteiger partial charge in [-0.3, -0.25) is 4.90 Å². The largest absolute Gasteiger partial charge is 0.423 e. The lowest BCUT2D eigenvalue weighted by Crippen LogP contribution is -2.50. The number of rotatable bonds is 4. The van der Waals surface area contributed by atoms with Crippen LogP contribution in [0.3, 0.4) is 0 Å². The first-order chi connectivity index (χ1) is 12.9. The van der Waals surface area contributed by atoms with E-state index in [9.17, 15) is 9.90 Å². The molecule has 146 valence electrons. The number of fused-ring (bicyclic) bond motifs is 1. The molecule has 0 aliphatic carbocycles. The van der Waals surface area contributed by atoms with Crippen molar-refractivity contribution in [3.63, 3.8) is 0 Å². The van der Waals surface area contributed by atoms with Gasteiger partial charge in [0.2, 0.25) is 0 Å². The fourth-order valence-electron chi connectivity index (χ4n) is 4.50. The van der Waals surface area contributed by atoms with Crippen LogP contribution < -0.4 is 5.63 Å². The number of likely N-dealkylation sites (tertiary alicyclic amines) is 2. The second-order valence-electron chi connectivity index (χ2n) is 8.51. The van der Waals surface area contributed by atoms with Gasteiger partial charge in [0.25, 0.3) is 0 Å². The van der Waals surface area contributed by atoms with Gasteiger partial charge in [-0.2, -0.15) is 0 Å². The van der Waals surface area contributed by atoms with E-state index in [4.69, 9.17) is 4.42 Å². The van der Waals surface area contributed by atoms with E-state index in [1.54, 1.807) is 6.07 Å². The fourth-order valence-corrected chi connectivity index (χ4v) is 4.50. The summed E-state index contributed by atoms with van der Waals surface area (Å²) < 4.78 is 5.42. The predicted octanol–water partition coefficient (Wildman–Crippen LogP) is 2.83. The third-order valence-corrected chi connectivity index (χ3v) is 6.34. The lowest BCUT2D eigenvalue weighted by Gasteiger charge is -2.40. The van der Waals surface area contributed by atoms with Gasteiger partial charge < -0.3 is 14.4 Å². The smallest absolute Gasteiger partial charge is 0.336 e. The lowest BCUT2D eigenvalue weighted by atomic mass is 9.90. The van der Waals surface area contributed by atoms with Gasteiger partial charge in [-0.1, -0.05) is 0 Å². The third kappa shape index (κ3) is 4.10. The molecule has 0 atom stereocenters. The van der Waals surface area contributed by atoms with E-state index in [2.05, 4.69) is 22.8 Å². The Balaban J connectivity index is 1.47. The van der Waals surface area contributed by atoms with Crippen molar-refractivity contribution in [2.75, 3.05) is 32.7 Å². The Bertz CT molecular complexity index is 875. The molecule has 2 aliphatic heterocycles. The molecule has 1 aromatic carbocycles. The van der Waals surface area contributed by atoms with Crippen LogP contribution in [0.2, 0.25) is 0 Å². The molecular formula is C22H30N2O3. The maximum absolute atomic E-state index is 12.0. The Hall–Kier alpha value is -1.69. The summed E-state index contributed by atoms with van der Waals surface area (Å²) in [5, 5.41) is 12.0. The Morgan fingerprint density at radius 2 is 1.67 bits per heavy atom. The van der Waals surface area contributed by atoms with Crippen LogP contribution in [0, 0.1) is 13.8 Å². The van der Waals surface area contributed by atoms with Crippen LogP contribution in [-0.2, 0) is 6.54 Å². The van der Waals surface area contributed by atoms with Crippen molar-refractivity contribution in [1.29, 1.82) is 0 Å². The molecule has 0 amide bonds. The molecule has 27 heavy (non-hydrogen) atoms. The van der Waals surface area contributed by atoms with Crippen LogP contribution in [0.5, 0.6) is 0 Å². The summed E-state index contributed by atoms with van der Waals surface area (Å²) in [6.45, 7) is 9.61. The summed E-state index contributed by atoms with van der Waals surface area (Å²) in [7, 11) is 0. The van der Waals surface area contributed by atoms with Crippen molar-refractivity contribution < 1.29 is 9.52 Å². The minimum atomic E-state index is -0.563. The standard InChI is InChI=1S/C22H30N2O3/c1-16-11-19-18(13-21(25)27-20(19)12-17(16)2)14-23-9-5-22(26,6-10-23)15-24-7-3-4-8-24/h11-13,26H,3-10,14-15H2,1-2H3. The van der Waals surface area contributed by atoms with Crippen molar-refractivity contribution in [3.05, 3.63) is 45.3 Å². The zero-order valence-corrected chi connectivity index (χ0v) is 16.5. The van der Waals surface area contributed by atoms with Gasteiger partial charge in [-0.05, 0) is 81.4 Å². The highest BCUT2D eigenvalue weighted by atomic mass is 16.4. The number of nitrogens with zero attached hydrogens (tertiary/aromatic N) is 2. The minimum Gasteiger partial charge on any atom is -0.423 e. The summed E-state index contributed by atoms with van der Waals surface area (Å²) in [4.78, 5) is 16.8. The first kappa shape index (κ1) is 18.7. The molecule has 1 N–H and O–H groups in total. The SMILES string of the molecule is Cc1cc2oc(=O)cc(CN3CCC(O)(CN4CCCC4)CC3)c2cc1C. The van der Waals surface area contributed by atoms with Gasteiger partial charge in [0.05, 0.1) is 5.60 Å². The first-order valence-electron chi connectivity index (χ1n) is 10.1. The molecule has 4 rings (SSSR count). The van der Waals surface area contributed by atoms with Crippen molar-refractivity contribution in [2.45, 2.75) is 51.7 Å². The van der Waals surface area contributed by atoms with Crippen LogP contribution in [0.1, 0.15) is 42.4 Å². The topological polar surface area (TPSA) is 56.9 Å². The molecule has 0 bridgehead atoms. The Labute approximate surface area is 160 Å². The highest BCUT2D eigenvalue weighted by Crippen LogP contribution is 2.28. The quantitative estimate of drug-likeness (QED) is 0.839. The second-order valence-corrected chi connectivity index (χ2v) is 8.51.